The van der Waals surface area contributed by atoms with E-state index in [1.807, 2.05) is 0 Å². The molecule has 0 aromatic heterocycles. The van der Waals surface area contributed by atoms with E-state index in [1.54, 1.807) is 0 Å². The monoisotopic (exact) mass is 228 g/mol. The third-order valence-corrected chi connectivity index (χ3v) is 2.10. The van der Waals surface area contributed by atoms with Crippen molar-refractivity contribution in [1.29, 1.82) is 0 Å². The fraction of sp³-hybridized carbons (Fsp3) is 0.222. The summed E-state index contributed by atoms with van der Waals surface area (Å²) in [6.07, 6.45) is -1.43. The summed E-state index contributed by atoms with van der Waals surface area (Å²) in [5.74, 6) is -1.35. The van der Waals surface area contributed by atoms with Gasteiger partial charge in [0.25, 0.3) is 0 Å². The number of hydrogen-bond acceptors (Lipinski definition) is 5. The second-order valence-corrected chi connectivity index (χ2v) is 3.24. The zero-order valence-corrected chi connectivity index (χ0v) is 8.20. The average molecular weight is 228 g/mol. The fourth-order valence-corrected chi connectivity index (χ4v) is 1.20. The third-order valence-electron chi connectivity index (χ3n) is 2.10. The maximum Gasteiger partial charge on any atom is 0.323 e. The van der Waals surface area contributed by atoms with Crippen molar-refractivity contribution in [3.8, 4) is 0 Å². The molecule has 0 fully saturated rings. The van der Waals surface area contributed by atoms with Crippen molar-refractivity contribution in [2.75, 3.05) is 0 Å². The number of quaternary nitrogens is 1. The van der Waals surface area contributed by atoms with Gasteiger partial charge < -0.3 is 21.2 Å². The van der Waals surface area contributed by atoms with E-state index in [0.29, 0.717) is 0 Å². The van der Waals surface area contributed by atoms with E-state index in [9.17, 15) is 15.1 Å². The lowest BCUT2D eigenvalue weighted by molar-refractivity contribution is -0.991. The van der Waals surface area contributed by atoms with Gasteiger partial charge >= 0.3 is 5.97 Å². The Kier molecular flexibility index (Phi) is 3.93. The molecule has 0 radical (unpaired) electrons. The van der Waals surface area contributed by atoms with Gasteiger partial charge in [-0.1, -0.05) is 12.1 Å². The summed E-state index contributed by atoms with van der Waals surface area (Å²) in [4.78, 5) is 10.5. The Balaban J connectivity index is 2.95. The van der Waals surface area contributed by atoms with Gasteiger partial charge in [0, 0.05) is 12.1 Å². The van der Waals surface area contributed by atoms with E-state index < -0.39 is 23.3 Å². The maximum absolute atomic E-state index is 10.7. The highest BCUT2D eigenvalue weighted by molar-refractivity contribution is 5.74. The zero-order valence-electron chi connectivity index (χ0n) is 8.20. The van der Waals surface area contributed by atoms with Gasteiger partial charge in [-0.25, -0.2) is 5.21 Å². The van der Waals surface area contributed by atoms with Gasteiger partial charge in [0.1, 0.15) is 12.1 Å². The minimum Gasteiger partial charge on any atom is -0.595 e. The Morgan fingerprint density at radius 3 is 2.62 bits per heavy atom. The Labute approximate surface area is 90.9 Å². The number of aliphatic hydroxyl groups is 1. The first kappa shape index (κ1) is 12.6. The van der Waals surface area contributed by atoms with Crippen LogP contribution < -0.4 is 11.0 Å². The molecule has 3 atom stereocenters. The van der Waals surface area contributed by atoms with Gasteiger partial charge in [-0.05, 0) is 5.56 Å². The van der Waals surface area contributed by atoms with Crippen molar-refractivity contribution >= 4 is 11.7 Å². The molecule has 0 heterocycles. The highest BCUT2D eigenvalue weighted by Gasteiger charge is 2.24. The van der Waals surface area contributed by atoms with Crippen LogP contribution in [-0.2, 0) is 4.79 Å². The Morgan fingerprint density at radius 1 is 1.50 bits per heavy atom. The summed E-state index contributed by atoms with van der Waals surface area (Å²) < 4.78 is 0. The largest absolute Gasteiger partial charge is 0.595 e. The van der Waals surface area contributed by atoms with Crippen LogP contribution in [-0.4, -0.2) is 27.4 Å². The number of aliphatic hydroxyl groups excluding tert-OH is 1. The number of nitrogens with one attached hydrogen (secondary N) is 1. The quantitative estimate of drug-likeness (QED) is 0.400. The number of carboxylic acid groups (broad SMARTS) is 1. The molecule has 3 unspecified atom stereocenters. The topological polar surface area (TPSA) is 131 Å². The van der Waals surface area contributed by atoms with Gasteiger partial charge in [-0.3, -0.25) is 4.79 Å². The second kappa shape index (κ2) is 5.01. The van der Waals surface area contributed by atoms with Gasteiger partial charge in [0.2, 0.25) is 0 Å². The molecule has 88 valence electrons. The van der Waals surface area contributed by atoms with Crippen LogP contribution in [0.1, 0.15) is 11.7 Å². The predicted octanol–water partition coefficient (Wildman–Crippen LogP) is -1.46. The molecule has 1 rings (SSSR count). The number of hydrogen-bond donors (Lipinski definition) is 5. The molecule has 0 saturated carbocycles. The lowest BCUT2D eigenvalue weighted by atomic mass is 10.0. The Bertz CT molecular complexity index is 382. The molecule has 0 saturated heterocycles. The first-order chi connectivity index (χ1) is 7.43. The lowest BCUT2D eigenvalue weighted by Gasteiger charge is -2.17. The highest BCUT2D eigenvalue weighted by Crippen LogP contribution is 2.17. The summed E-state index contributed by atoms with van der Waals surface area (Å²) in [6.45, 7) is 0. The minimum atomic E-state index is -1.48. The molecule has 0 aliphatic heterocycles. The molecular weight excluding hydrogens is 216 g/mol. The standard InChI is InChI=1S/C9H12N2O5/c10-7(9(13)14)8(12)5-2-1-3-6(4-5)11(15)16/h1-4,7-8,11-12,15H,10H2,(H,13,14). The van der Waals surface area contributed by atoms with Crippen LogP contribution in [0.25, 0.3) is 0 Å². The summed E-state index contributed by atoms with van der Waals surface area (Å²) in [5.41, 5.74) is 5.35. The Morgan fingerprint density at radius 2 is 2.12 bits per heavy atom. The van der Waals surface area contributed by atoms with Crippen LogP contribution in [0.15, 0.2) is 24.3 Å². The van der Waals surface area contributed by atoms with Crippen LogP contribution in [0.2, 0.25) is 0 Å². The van der Waals surface area contributed by atoms with Crippen molar-refractivity contribution in [2.24, 2.45) is 5.73 Å². The van der Waals surface area contributed by atoms with Crippen LogP contribution in [0.4, 0.5) is 5.69 Å². The molecular formula is C9H12N2O5. The van der Waals surface area contributed by atoms with E-state index in [-0.39, 0.29) is 11.3 Å². The third kappa shape index (κ3) is 2.75. The van der Waals surface area contributed by atoms with E-state index >= 15 is 0 Å². The van der Waals surface area contributed by atoms with Crippen LogP contribution in [0.3, 0.4) is 0 Å². The molecule has 1 aromatic rings. The highest BCUT2D eigenvalue weighted by atomic mass is 16.8. The Hall–Kier alpha value is -1.51. The molecule has 1 aromatic carbocycles. The van der Waals surface area contributed by atoms with Crippen molar-refractivity contribution in [1.82, 2.24) is 0 Å². The normalized spacial score (nSPS) is 16.5. The summed E-state index contributed by atoms with van der Waals surface area (Å²) >= 11 is 0. The van der Waals surface area contributed by atoms with E-state index in [1.165, 1.54) is 24.3 Å². The maximum atomic E-state index is 10.7. The predicted molar refractivity (Wildman–Crippen MR) is 52.8 cm³/mol. The molecule has 0 aliphatic rings. The van der Waals surface area contributed by atoms with Crippen molar-refractivity contribution in [2.45, 2.75) is 12.1 Å². The zero-order chi connectivity index (χ0) is 12.3. The van der Waals surface area contributed by atoms with E-state index in [0.717, 1.165) is 0 Å². The van der Waals surface area contributed by atoms with Crippen molar-refractivity contribution in [3.05, 3.63) is 35.0 Å². The first-order valence-electron chi connectivity index (χ1n) is 4.43. The molecule has 0 spiro atoms. The van der Waals surface area contributed by atoms with E-state index in [4.69, 9.17) is 16.0 Å². The summed E-state index contributed by atoms with van der Waals surface area (Å²) in [7, 11) is 0. The van der Waals surface area contributed by atoms with Crippen LogP contribution >= 0.6 is 0 Å². The number of carboxylic acids is 1. The van der Waals surface area contributed by atoms with Crippen LogP contribution in [0, 0.1) is 5.21 Å². The van der Waals surface area contributed by atoms with Gasteiger partial charge in [0.05, 0.1) is 0 Å². The smallest absolute Gasteiger partial charge is 0.323 e. The van der Waals surface area contributed by atoms with Gasteiger partial charge in [0.15, 0.2) is 5.69 Å². The number of aliphatic carboxylic acids is 1. The SMILES string of the molecule is NC(C(=O)O)C(O)c1cccc([NH+]([O-])O)c1. The molecule has 6 N–H and O–H groups in total. The van der Waals surface area contributed by atoms with Gasteiger partial charge in [-0.2, -0.15) is 5.23 Å². The number of benzene rings is 1. The first-order valence-corrected chi connectivity index (χ1v) is 4.43. The molecule has 0 aliphatic carbocycles. The molecule has 7 heteroatoms. The lowest BCUT2D eigenvalue weighted by Crippen LogP contribution is -2.99. The summed E-state index contributed by atoms with van der Waals surface area (Å²) in [6, 6.07) is 3.88. The van der Waals surface area contributed by atoms with E-state index in [2.05, 4.69) is 0 Å². The molecule has 7 nitrogen and oxygen atoms in total. The second-order valence-electron chi connectivity index (χ2n) is 3.24. The van der Waals surface area contributed by atoms with Crippen LogP contribution in [0.5, 0.6) is 0 Å². The van der Waals surface area contributed by atoms with Crippen molar-refractivity contribution < 1.29 is 25.4 Å². The van der Waals surface area contributed by atoms with Gasteiger partial charge in [-0.15, -0.1) is 0 Å². The summed E-state index contributed by atoms with van der Waals surface area (Å²) in [5, 5.41) is 36.4. The minimum absolute atomic E-state index is 0.0332. The number of nitrogens with two attached hydrogens (primary N) is 1. The molecule has 0 bridgehead atoms. The molecule has 16 heavy (non-hydrogen) atoms. The number of carbonyl (C=O) groups is 1. The average Bonchev–Trinajstić information content (AvgIpc) is 2.27. The van der Waals surface area contributed by atoms with Crippen molar-refractivity contribution in [3.63, 3.8) is 0 Å². The fourth-order valence-electron chi connectivity index (χ4n) is 1.20. The number of rotatable bonds is 4. The molecule has 0 amide bonds.